The van der Waals surface area contributed by atoms with Gasteiger partial charge in [0.1, 0.15) is 0 Å². The molecular weight excluding hydrogens is 72.0 g/mol. The Morgan fingerprint density at radius 1 is 2.00 bits per heavy atom. The molecule has 0 aromatic heterocycles. The van der Waals surface area contributed by atoms with E-state index in [0.29, 0.717) is 0 Å². The van der Waals surface area contributed by atoms with Crippen molar-refractivity contribution in [2.45, 2.75) is 0 Å². The van der Waals surface area contributed by atoms with Gasteiger partial charge < -0.3 is 0 Å². The number of nitrogens with two attached hydrogens (primary N) is 1. The fourth-order valence-electron chi connectivity index (χ4n) is 0. The summed E-state index contributed by atoms with van der Waals surface area (Å²) in [5.41, 5.74) is 4.47. The summed E-state index contributed by atoms with van der Waals surface area (Å²) in [7, 11) is 0. The van der Waals surface area contributed by atoms with Gasteiger partial charge in [0.05, 0.1) is 0 Å². The number of nitrogens with zero attached hydrogens (tertiary/aromatic N) is 1. The first-order valence-corrected chi connectivity index (χ1v) is 1.09. The van der Waals surface area contributed by atoms with E-state index in [1.807, 2.05) is 0 Å². The van der Waals surface area contributed by atoms with Gasteiger partial charge in [-0.1, -0.05) is 0 Å². The van der Waals surface area contributed by atoms with E-state index in [-0.39, 0.29) is 0 Å². The number of hydrogen-bond acceptors (Lipinski definition) is 3. The molecule has 0 bridgehead atoms. The first-order chi connectivity index (χ1) is 2.27. The van der Waals surface area contributed by atoms with Crippen LogP contribution in [0.5, 0.6) is 0 Å². The summed E-state index contributed by atoms with van der Waals surface area (Å²) in [6.45, 7) is -0.472. The molecule has 0 fully saturated rings. The van der Waals surface area contributed by atoms with Crippen LogP contribution in [-0.4, -0.2) is 11.6 Å². The third-order valence-corrected chi connectivity index (χ3v) is 0.149. The van der Waals surface area contributed by atoms with Crippen LogP contribution in [0.25, 0.3) is 0 Å². The SMILES string of the molecule is NC[N+](=O)[O-]. The molecule has 0 unspecified atom stereocenters. The van der Waals surface area contributed by atoms with Gasteiger partial charge in [0.2, 0.25) is 0 Å². The fourth-order valence-corrected chi connectivity index (χ4v) is 0. The second-order valence-corrected chi connectivity index (χ2v) is 0.515. The maximum Gasteiger partial charge on any atom is 0.254 e. The molecule has 4 heteroatoms. The van der Waals surface area contributed by atoms with Crippen molar-refractivity contribution in [2.24, 2.45) is 5.73 Å². The van der Waals surface area contributed by atoms with Gasteiger partial charge in [0.15, 0.2) is 0 Å². The zero-order valence-corrected chi connectivity index (χ0v) is 2.55. The number of nitro groups is 1. The van der Waals surface area contributed by atoms with Gasteiger partial charge in [-0.2, -0.15) is 0 Å². The minimum atomic E-state index is -0.597. The van der Waals surface area contributed by atoms with Crippen molar-refractivity contribution in [3.63, 3.8) is 0 Å². The fraction of sp³-hybridized carbons (Fsp3) is 1.00. The molecule has 0 aliphatic heterocycles. The van der Waals surface area contributed by atoms with Crippen LogP contribution in [0.15, 0.2) is 0 Å². The van der Waals surface area contributed by atoms with Gasteiger partial charge in [-0.15, -0.1) is 0 Å². The van der Waals surface area contributed by atoms with Crippen molar-refractivity contribution >= 4 is 0 Å². The van der Waals surface area contributed by atoms with E-state index in [9.17, 15) is 0 Å². The smallest absolute Gasteiger partial charge is 0.254 e. The van der Waals surface area contributed by atoms with E-state index in [1.54, 1.807) is 0 Å². The Kier molecular flexibility index (Phi) is 1.45. The Labute approximate surface area is 28.7 Å². The third kappa shape index (κ3) is 3.36. The maximum absolute atomic E-state index is 9.05. The summed E-state index contributed by atoms with van der Waals surface area (Å²) in [5, 5.41) is 9.05. The molecule has 0 rings (SSSR count). The second-order valence-electron chi connectivity index (χ2n) is 0.515. The van der Waals surface area contributed by atoms with Crippen LogP contribution in [0.1, 0.15) is 0 Å². The molecule has 5 heavy (non-hydrogen) atoms. The molecule has 0 aliphatic rings. The Morgan fingerprint density at radius 2 is 2.20 bits per heavy atom. The molecule has 0 aromatic carbocycles. The van der Waals surface area contributed by atoms with E-state index in [4.69, 9.17) is 10.1 Å². The van der Waals surface area contributed by atoms with Crippen LogP contribution in [0, 0.1) is 10.1 Å². The molecule has 0 amide bonds. The van der Waals surface area contributed by atoms with Crippen molar-refractivity contribution < 1.29 is 4.92 Å². The first kappa shape index (κ1) is 4.36. The Hall–Kier alpha value is -0.640. The minimum Gasteiger partial charge on any atom is -0.271 e. The van der Waals surface area contributed by atoms with Gasteiger partial charge >= 0.3 is 0 Å². The maximum atomic E-state index is 9.05. The molecule has 0 radical (unpaired) electrons. The summed E-state index contributed by atoms with van der Waals surface area (Å²) in [4.78, 5) is 8.45. The molecule has 0 atom stereocenters. The van der Waals surface area contributed by atoms with Crippen molar-refractivity contribution in [1.82, 2.24) is 0 Å². The van der Waals surface area contributed by atoms with Gasteiger partial charge in [0, 0.05) is 4.92 Å². The lowest BCUT2D eigenvalue weighted by molar-refractivity contribution is -0.478. The Bertz CT molecular complexity index is 42.9. The van der Waals surface area contributed by atoms with E-state index in [1.165, 1.54) is 0 Å². The Morgan fingerprint density at radius 3 is 2.20 bits per heavy atom. The van der Waals surface area contributed by atoms with Gasteiger partial charge in [0.25, 0.3) is 6.67 Å². The van der Waals surface area contributed by atoms with Crippen molar-refractivity contribution in [1.29, 1.82) is 0 Å². The quantitative estimate of drug-likeness (QED) is 0.252. The van der Waals surface area contributed by atoms with Gasteiger partial charge in [-0.3, -0.25) is 15.8 Å². The molecule has 4 nitrogen and oxygen atoms in total. The predicted molar refractivity (Wildman–Crippen MR) is 16.0 cm³/mol. The minimum absolute atomic E-state index is 0.472. The molecule has 0 spiro atoms. The molecule has 0 saturated heterocycles. The van der Waals surface area contributed by atoms with Crippen LogP contribution in [0.2, 0.25) is 0 Å². The third-order valence-electron chi connectivity index (χ3n) is 0.149. The van der Waals surface area contributed by atoms with Crippen LogP contribution >= 0.6 is 0 Å². The normalized spacial score (nSPS) is 7.40. The average Bonchev–Trinajstić information content (AvgIpc) is 1.38. The molecule has 0 aliphatic carbocycles. The summed E-state index contributed by atoms with van der Waals surface area (Å²) < 4.78 is 0. The van der Waals surface area contributed by atoms with Gasteiger partial charge in [-0.05, 0) is 0 Å². The monoisotopic (exact) mass is 76.0 g/mol. The summed E-state index contributed by atoms with van der Waals surface area (Å²) >= 11 is 0. The van der Waals surface area contributed by atoms with Crippen molar-refractivity contribution in [3.05, 3.63) is 10.1 Å². The van der Waals surface area contributed by atoms with Crippen LogP contribution in [0.4, 0.5) is 0 Å². The average molecular weight is 76.1 g/mol. The highest BCUT2D eigenvalue weighted by atomic mass is 16.6. The van der Waals surface area contributed by atoms with E-state index in [0.717, 1.165) is 0 Å². The molecule has 0 heterocycles. The van der Waals surface area contributed by atoms with Crippen LogP contribution < -0.4 is 5.73 Å². The lowest BCUT2D eigenvalue weighted by atomic mass is 11.2. The topological polar surface area (TPSA) is 69.2 Å². The number of hydrogen-bond donors (Lipinski definition) is 1. The molecule has 0 saturated carbocycles. The highest BCUT2D eigenvalue weighted by Gasteiger charge is 1.76. The molecule has 30 valence electrons. The zero-order valence-electron chi connectivity index (χ0n) is 2.55. The van der Waals surface area contributed by atoms with Gasteiger partial charge in [-0.25, -0.2) is 0 Å². The predicted octanol–water partition coefficient (Wildman–Crippen LogP) is -0.821. The largest absolute Gasteiger partial charge is 0.271 e. The van der Waals surface area contributed by atoms with Crippen molar-refractivity contribution in [2.75, 3.05) is 6.67 Å². The van der Waals surface area contributed by atoms with E-state index in [2.05, 4.69) is 5.73 Å². The lowest BCUT2D eigenvalue weighted by Crippen LogP contribution is -2.09. The first-order valence-electron chi connectivity index (χ1n) is 1.09. The highest BCUT2D eigenvalue weighted by molar-refractivity contribution is 4.02. The van der Waals surface area contributed by atoms with Crippen molar-refractivity contribution in [3.8, 4) is 0 Å². The summed E-state index contributed by atoms with van der Waals surface area (Å²) in [6.07, 6.45) is 0. The molecule has 0 aromatic rings. The standard InChI is InChI=1S/CH4N2O2/c2-1-3(4)5/h1-2H2. The summed E-state index contributed by atoms with van der Waals surface area (Å²) in [6, 6.07) is 0. The van der Waals surface area contributed by atoms with E-state index >= 15 is 0 Å². The molecular formula is CH4N2O2. The molecule has 2 N–H and O–H groups in total. The lowest BCUT2D eigenvalue weighted by Gasteiger charge is -1.74. The van der Waals surface area contributed by atoms with Crippen LogP contribution in [-0.2, 0) is 0 Å². The second kappa shape index (κ2) is 1.66. The highest BCUT2D eigenvalue weighted by Crippen LogP contribution is 1.48. The Balaban J connectivity index is 2.85. The zero-order chi connectivity index (χ0) is 4.28. The number of rotatable bonds is 1. The van der Waals surface area contributed by atoms with E-state index < -0.39 is 11.6 Å². The van der Waals surface area contributed by atoms with Crippen LogP contribution in [0.3, 0.4) is 0 Å². The summed E-state index contributed by atoms with van der Waals surface area (Å²) in [5.74, 6) is 0.